The summed E-state index contributed by atoms with van der Waals surface area (Å²) >= 11 is 1.73. The first-order valence-corrected chi connectivity index (χ1v) is 11.0. The Morgan fingerprint density at radius 1 is 1.17 bits per heavy atom. The molecule has 2 aromatic carbocycles. The highest BCUT2D eigenvalue weighted by atomic mass is 32.2. The number of amides is 1. The van der Waals surface area contributed by atoms with Gasteiger partial charge >= 0.3 is 6.09 Å². The zero-order valence-corrected chi connectivity index (χ0v) is 17.0. The fraction of sp³-hybridized carbons (Fsp3) is 0.333. The molecular weight excluding hydrogens is 386 g/mol. The van der Waals surface area contributed by atoms with Crippen LogP contribution in [0.1, 0.15) is 23.5 Å². The van der Waals surface area contributed by atoms with E-state index in [9.17, 15) is 4.79 Å². The number of tetrazole rings is 1. The Morgan fingerprint density at radius 2 is 1.86 bits per heavy atom. The van der Waals surface area contributed by atoms with E-state index in [4.69, 9.17) is 4.74 Å². The summed E-state index contributed by atoms with van der Waals surface area (Å²) in [5, 5.41) is 14.2. The van der Waals surface area contributed by atoms with Gasteiger partial charge < -0.3 is 10.1 Å². The van der Waals surface area contributed by atoms with Gasteiger partial charge in [0.2, 0.25) is 0 Å². The van der Waals surface area contributed by atoms with Crippen molar-refractivity contribution in [3.8, 4) is 11.1 Å². The first kappa shape index (κ1) is 19.4. The fourth-order valence-corrected chi connectivity index (χ4v) is 4.29. The SMILES string of the molecule is CSCC[C@@H](Cn1cnnn1)NC(=O)OCC1c2ccccc2-c2ccccc21. The van der Waals surface area contributed by atoms with Gasteiger partial charge in [0, 0.05) is 5.92 Å². The van der Waals surface area contributed by atoms with Crippen molar-refractivity contribution < 1.29 is 9.53 Å². The van der Waals surface area contributed by atoms with Crippen LogP contribution in [0.25, 0.3) is 11.1 Å². The summed E-state index contributed by atoms with van der Waals surface area (Å²) in [5.74, 6) is 0.980. The van der Waals surface area contributed by atoms with E-state index in [0.717, 1.165) is 12.2 Å². The Labute approximate surface area is 173 Å². The average Bonchev–Trinajstić information content (AvgIpc) is 3.36. The molecule has 3 aromatic rings. The largest absolute Gasteiger partial charge is 0.449 e. The number of carbonyl (C=O) groups is 1. The lowest BCUT2D eigenvalue weighted by Crippen LogP contribution is -2.39. The van der Waals surface area contributed by atoms with Crippen molar-refractivity contribution in [1.82, 2.24) is 25.5 Å². The molecule has 1 aromatic heterocycles. The van der Waals surface area contributed by atoms with Crippen LogP contribution in [0.3, 0.4) is 0 Å². The summed E-state index contributed by atoms with van der Waals surface area (Å²) in [7, 11) is 0. The lowest BCUT2D eigenvalue weighted by molar-refractivity contribution is 0.137. The Kier molecular flexibility index (Phi) is 6.09. The van der Waals surface area contributed by atoms with Crippen molar-refractivity contribution in [2.24, 2.45) is 0 Å². The Hall–Kier alpha value is -2.87. The molecule has 0 aliphatic heterocycles. The second-order valence-electron chi connectivity index (χ2n) is 6.98. The topological polar surface area (TPSA) is 81.9 Å². The normalized spacial score (nSPS) is 13.6. The van der Waals surface area contributed by atoms with E-state index in [-0.39, 0.29) is 12.0 Å². The van der Waals surface area contributed by atoms with Crippen LogP contribution in [0, 0.1) is 0 Å². The van der Waals surface area contributed by atoms with Crippen molar-refractivity contribution >= 4 is 17.9 Å². The second kappa shape index (κ2) is 9.09. The summed E-state index contributed by atoms with van der Waals surface area (Å²) in [5.41, 5.74) is 4.84. The molecule has 8 heteroatoms. The Bertz CT molecular complexity index is 918. The van der Waals surface area contributed by atoms with Crippen LogP contribution < -0.4 is 5.32 Å². The number of thioether (sulfide) groups is 1. The fourth-order valence-electron chi connectivity index (χ4n) is 3.77. The molecule has 1 heterocycles. The molecule has 1 amide bonds. The molecule has 0 radical (unpaired) electrons. The quantitative estimate of drug-likeness (QED) is 0.615. The van der Waals surface area contributed by atoms with Crippen molar-refractivity contribution in [3.05, 3.63) is 66.0 Å². The summed E-state index contributed by atoms with van der Waals surface area (Å²) in [6, 6.07) is 16.5. The van der Waals surface area contributed by atoms with Gasteiger partial charge in [-0.25, -0.2) is 9.48 Å². The van der Waals surface area contributed by atoms with E-state index in [0.29, 0.717) is 13.2 Å². The number of ether oxygens (including phenoxy) is 1. The standard InChI is InChI=1S/C21H23N5O2S/c1-29-11-10-15(12-26-14-22-24-25-26)23-21(27)28-13-20-18-8-4-2-6-16(18)17-7-3-5-9-19(17)20/h2-9,14-15,20H,10-13H2,1H3,(H,23,27)/t15-/m0/s1. The van der Waals surface area contributed by atoms with Gasteiger partial charge in [-0.2, -0.15) is 11.8 Å². The van der Waals surface area contributed by atoms with Crippen LogP contribution in [0.2, 0.25) is 0 Å². The molecule has 0 bridgehead atoms. The monoisotopic (exact) mass is 409 g/mol. The predicted octanol–water partition coefficient (Wildman–Crippen LogP) is 3.33. The van der Waals surface area contributed by atoms with Crippen LogP contribution in [0.4, 0.5) is 4.79 Å². The van der Waals surface area contributed by atoms with Gasteiger partial charge in [0.15, 0.2) is 0 Å². The number of hydrogen-bond acceptors (Lipinski definition) is 6. The van der Waals surface area contributed by atoms with Gasteiger partial charge in [0.25, 0.3) is 0 Å². The molecule has 1 atom stereocenters. The van der Waals surface area contributed by atoms with E-state index in [2.05, 4.69) is 45.1 Å². The molecule has 0 saturated heterocycles. The van der Waals surface area contributed by atoms with Crippen LogP contribution in [0.5, 0.6) is 0 Å². The molecule has 0 unspecified atom stereocenters. The Morgan fingerprint density at radius 3 is 2.48 bits per heavy atom. The number of nitrogens with one attached hydrogen (secondary N) is 1. The summed E-state index contributed by atoms with van der Waals surface area (Å²) in [6.45, 7) is 0.817. The predicted molar refractivity (Wildman–Crippen MR) is 113 cm³/mol. The summed E-state index contributed by atoms with van der Waals surface area (Å²) in [6.07, 6.45) is 3.99. The number of carbonyl (C=O) groups excluding carboxylic acids is 1. The number of fused-ring (bicyclic) bond motifs is 3. The number of benzene rings is 2. The van der Waals surface area contributed by atoms with Crippen molar-refractivity contribution in [2.45, 2.75) is 24.9 Å². The van der Waals surface area contributed by atoms with Gasteiger partial charge in [0.05, 0.1) is 12.6 Å². The third kappa shape index (κ3) is 4.42. The maximum Gasteiger partial charge on any atom is 0.407 e. The second-order valence-corrected chi connectivity index (χ2v) is 7.97. The highest BCUT2D eigenvalue weighted by Crippen LogP contribution is 2.44. The summed E-state index contributed by atoms with van der Waals surface area (Å²) < 4.78 is 7.27. The van der Waals surface area contributed by atoms with Crippen LogP contribution in [0.15, 0.2) is 54.9 Å². The number of alkyl carbamates (subject to hydrolysis) is 1. The van der Waals surface area contributed by atoms with E-state index in [1.807, 2.05) is 30.5 Å². The highest BCUT2D eigenvalue weighted by Gasteiger charge is 2.29. The minimum Gasteiger partial charge on any atom is -0.449 e. The first-order chi connectivity index (χ1) is 14.3. The minimum atomic E-state index is -0.411. The highest BCUT2D eigenvalue weighted by molar-refractivity contribution is 7.98. The number of hydrogen-bond donors (Lipinski definition) is 1. The van der Waals surface area contributed by atoms with Gasteiger partial charge in [-0.05, 0) is 51.1 Å². The molecule has 1 N–H and O–H groups in total. The van der Waals surface area contributed by atoms with E-state index in [1.165, 1.54) is 22.3 Å². The average molecular weight is 410 g/mol. The summed E-state index contributed by atoms with van der Waals surface area (Å²) in [4.78, 5) is 12.5. The molecule has 4 rings (SSSR count). The van der Waals surface area contributed by atoms with Crippen LogP contribution in [-0.2, 0) is 11.3 Å². The van der Waals surface area contributed by atoms with E-state index >= 15 is 0 Å². The molecule has 29 heavy (non-hydrogen) atoms. The molecule has 0 fully saturated rings. The van der Waals surface area contributed by atoms with Crippen LogP contribution in [-0.4, -0.2) is 51.0 Å². The van der Waals surface area contributed by atoms with Crippen molar-refractivity contribution in [1.29, 1.82) is 0 Å². The van der Waals surface area contributed by atoms with Gasteiger partial charge in [-0.1, -0.05) is 48.5 Å². The van der Waals surface area contributed by atoms with Gasteiger partial charge in [0.1, 0.15) is 12.9 Å². The molecular formula is C21H23N5O2S. The maximum atomic E-state index is 12.5. The zero-order valence-electron chi connectivity index (χ0n) is 16.2. The third-order valence-corrected chi connectivity index (χ3v) is 5.78. The first-order valence-electron chi connectivity index (χ1n) is 9.57. The zero-order chi connectivity index (χ0) is 20.1. The molecule has 0 spiro atoms. The Balaban J connectivity index is 1.41. The number of aromatic nitrogens is 4. The smallest absolute Gasteiger partial charge is 0.407 e. The third-order valence-electron chi connectivity index (χ3n) is 5.13. The lowest BCUT2D eigenvalue weighted by Gasteiger charge is -2.19. The number of nitrogens with zero attached hydrogens (tertiary/aromatic N) is 4. The minimum absolute atomic E-state index is 0.0531. The molecule has 7 nitrogen and oxygen atoms in total. The van der Waals surface area contributed by atoms with Crippen LogP contribution >= 0.6 is 11.8 Å². The van der Waals surface area contributed by atoms with Gasteiger partial charge in [-0.3, -0.25) is 0 Å². The van der Waals surface area contributed by atoms with E-state index in [1.54, 1.807) is 22.8 Å². The molecule has 1 aliphatic carbocycles. The lowest BCUT2D eigenvalue weighted by atomic mass is 9.98. The van der Waals surface area contributed by atoms with Crippen molar-refractivity contribution in [3.63, 3.8) is 0 Å². The van der Waals surface area contributed by atoms with Gasteiger partial charge in [-0.15, -0.1) is 5.10 Å². The van der Waals surface area contributed by atoms with E-state index < -0.39 is 6.09 Å². The molecule has 1 aliphatic rings. The molecule has 0 saturated carbocycles. The number of rotatable bonds is 8. The molecule has 150 valence electrons. The maximum absolute atomic E-state index is 12.5. The van der Waals surface area contributed by atoms with Crippen molar-refractivity contribution in [2.75, 3.05) is 18.6 Å².